The molecule has 2 fully saturated rings. The molecule has 2 aliphatic carbocycles. The Labute approximate surface area is 113 Å². The number of hydrogen-bond acceptors (Lipinski definition) is 4. The molecule has 0 radical (unpaired) electrons. The number of anilines is 1. The summed E-state index contributed by atoms with van der Waals surface area (Å²) in [7, 11) is 0. The fourth-order valence-electron chi connectivity index (χ4n) is 2.29. The molecule has 0 spiro atoms. The fraction of sp³-hybridized carbons (Fsp3) is 0.571. The Morgan fingerprint density at radius 2 is 1.95 bits per heavy atom. The lowest BCUT2D eigenvalue weighted by molar-refractivity contribution is 0.0739. The summed E-state index contributed by atoms with van der Waals surface area (Å²) >= 11 is 0. The van der Waals surface area contributed by atoms with E-state index in [1.165, 1.54) is 25.7 Å². The van der Waals surface area contributed by atoms with Crippen molar-refractivity contribution < 1.29 is 4.79 Å². The van der Waals surface area contributed by atoms with Gasteiger partial charge in [-0.2, -0.15) is 0 Å². The van der Waals surface area contributed by atoms with Crippen LogP contribution in [0.25, 0.3) is 0 Å². The molecule has 19 heavy (non-hydrogen) atoms. The van der Waals surface area contributed by atoms with Crippen LogP contribution in [0, 0.1) is 11.8 Å². The third-order valence-corrected chi connectivity index (χ3v) is 3.79. The Morgan fingerprint density at radius 3 is 2.47 bits per heavy atom. The van der Waals surface area contributed by atoms with Crippen LogP contribution in [0.1, 0.15) is 36.0 Å². The van der Waals surface area contributed by atoms with Crippen molar-refractivity contribution >= 4 is 11.7 Å². The maximum absolute atomic E-state index is 12.6. The number of nitrogens with zero attached hydrogens (tertiary/aromatic N) is 2. The third-order valence-electron chi connectivity index (χ3n) is 3.79. The lowest BCUT2D eigenvalue weighted by Crippen LogP contribution is -2.34. The zero-order valence-corrected chi connectivity index (χ0v) is 11.0. The van der Waals surface area contributed by atoms with Crippen LogP contribution in [0.15, 0.2) is 18.3 Å². The molecule has 0 aromatic carbocycles. The van der Waals surface area contributed by atoms with Gasteiger partial charge in [0.05, 0.1) is 0 Å². The second-order valence-corrected chi connectivity index (χ2v) is 5.67. The highest BCUT2D eigenvalue weighted by molar-refractivity contribution is 5.94. The van der Waals surface area contributed by atoms with E-state index in [0.717, 1.165) is 24.9 Å². The molecule has 5 nitrogen and oxygen atoms in total. The smallest absolute Gasteiger partial charge is 0.254 e. The number of aromatic nitrogens is 1. The van der Waals surface area contributed by atoms with Crippen molar-refractivity contribution in [2.24, 2.45) is 17.7 Å². The molecule has 1 amide bonds. The monoisotopic (exact) mass is 260 g/mol. The zero-order chi connectivity index (χ0) is 13.2. The van der Waals surface area contributed by atoms with Crippen molar-refractivity contribution in [2.45, 2.75) is 25.7 Å². The first kappa shape index (κ1) is 12.4. The van der Waals surface area contributed by atoms with Crippen molar-refractivity contribution in [3.05, 3.63) is 23.9 Å². The first-order valence-corrected chi connectivity index (χ1v) is 6.98. The van der Waals surface area contributed by atoms with E-state index >= 15 is 0 Å². The number of hydrazine groups is 1. The number of nitrogens with one attached hydrogen (secondary N) is 1. The molecular formula is C14H20N4O. The molecule has 0 aliphatic heterocycles. The van der Waals surface area contributed by atoms with Gasteiger partial charge in [-0.3, -0.25) is 4.79 Å². The van der Waals surface area contributed by atoms with Gasteiger partial charge in [-0.1, -0.05) is 0 Å². The first-order chi connectivity index (χ1) is 9.26. The minimum Gasteiger partial charge on any atom is -0.338 e. The average Bonchev–Trinajstić information content (AvgIpc) is 3.32. The van der Waals surface area contributed by atoms with Crippen molar-refractivity contribution in [3.8, 4) is 0 Å². The molecule has 2 aliphatic rings. The van der Waals surface area contributed by atoms with Crippen LogP contribution in [0.4, 0.5) is 5.82 Å². The fourth-order valence-corrected chi connectivity index (χ4v) is 2.29. The molecule has 1 heterocycles. The van der Waals surface area contributed by atoms with Gasteiger partial charge in [-0.05, 0) is 49.7 Å². The number of rotatable bonds is 6. The van der Waals surface area contributed by atoms with Crippen LogP contribution in [0.3, 0.4) is 0 Å². The predicted octanol–water partition coefficient (Wildman–Crippen LogP) is 1.63. The molecule has 102 valence electrons. The molecule has 0 atom stereocenters. The SMILES string of the molecule is NNc1cc(C(=O)N(CC2CC2)CC2CC2)ccn1. The van der Waals surface area contributed by atoms with Crippen LogP contribution in [-0.2, 0) is 0 Å². The van der Waals surface area contributed by atoms with Gasteiger partial charge in [0.25, 0.3) is 5.91 Å². The highest BCUT2D eigenvalue weighted by Gasteiger charge is 2.31. The Hall–Kier alpha value is -1.62. The van der Waals surface area contributed by atoms with Crippen molar-refractivity contribution in [1.82, 2.24) is 9.88 Å². The maximum Gasteiger partial charge on any atom is 0.254 e. The van der Waals surface area contributed by atoms with E-state index in [1.807, 2.05) is 4.90 Å². The van der Waals surface area contributed by atoms with E-state index in [9.17, 15) is 4.79 Å². The minimum atomic E-state index is 0.109. The van der Waals surface area contributed by atoms with Gasteiger partial charge < -0.3 is 10.3 Å². The van der Waals surface area contributed by atoms with Crippen molar-refractivity contribution in [1.29, 1.82) is 0 Å². The molecular weight excluding hydrogens is 240 g/mol. The lowest BCUT2D eigenvalue weighted by atomic mass is 10.2. The molecule has 2 saturated carbocycles. The summed E-state index contributed by atoms with van der Waals surface area (Å²) in [4.78, 5) is 18.6. The topological polar surface area (TPSA) is 71.2 Å². The number of hydrogen-bond donors (Lipinski definition) is 2. The molecule has 0 bridgehead atoms. The maximum atomic E-state index is 12.6. The van der Waals surface area contributed by atoms with E-state index in [4.69, 9.17) is 5.84 Å². The molecule has 0 unspecified atom stereocenters. The summed E-state index contributed by atoms with van der Waals surface area (Å²) in [6.45, 7) is 1.81. The highest BCUT2D eigenvalue weighted by Crippen LogP contribution is 2.34. The van der Waals surface area contributed by atoms with E-state index in [-0.39, 0.29) is 5.91 Å². The zero-order valence-electron chi connectivity index (χ0n) is 11.0. The molecule has 3 N–H and O–H groups in total. The summed E-state index contributed by atoms with van der Waals surface area (Å²) in [5.41, 5.74) is 3.16. The molecule has 0 saturated heterocycles. The van der Waals surface area contributed by atoms with E-state index in [0.29, 0.717) is 11.4 Å². The molecule has 3 rings (SSSR count). The molecule has 1 aromatic rings. The van der Waals surface area contributed by atoms with Crippen LogP contribution in [0.2, 0.25) is 0 Å². The summed E-state index contributed by atoms with van der Waals surface area (Å²) in [6, 6.07) is 3.48. The Kier molecular flexibility index (Phi) is 3.38. The first-order valence-electron chi connectivity index (χ1n) is 6.98. The van der Waals surface area contributed by atoms with Gasteiger partial charge in [0.2, 0.25) is 0 Å². The number of nitrogen functional groups attached to an aromatic ring is 1. The minimum absolute atomic E-state index is 0.109. The van der Waals surface area contributed by atoms with Crippen LogP contribution in [-0.4, -0.2) is 28.9 Å². The van der Waals surface area contributed by atoms with Crippen molar-refractivity contribution in [3.63, 3.8) is 0 Å². The number of carbonyl (C=O) groups is 1. The van der Waals surface area contributed by atoms with Crippen LogP contribution >= 0.6 is 0 Å². The summed E-state index contributed by atoms with van der Waals surface area (Å²) in [5.74, 6) is 7.42. The number of nitrogens with two attached hydrogens (primary N) is 1. The Morgan fingerprint density at radius 1 is 1.32 bits per heavy atom. The van der Waals surface area contributed by atoms with Gasteiger partial charge in [0.1, 0.15) is 5.82 Å². The second-order valence-electron chi connectivity index (χ2n) is 5.67. The largest absolute Gasteiger partial charge is 0.338 e. The normalized spacial score (nSPS) is 18.2. The number of carbonyl (C=O) groups excluding carboxylic acids is 1. The molecule has 1 aromatic heterocycles. The Balaban J connectivity index is 1.72. The van der Waals surface area contributed by atoms with Gasteiger partial charge in [0, 0.05) is 24.8 Å². The number of pyridine rings is 1. The van der Waals surface area contributed by atoms with Gasteiger partial charge in [0.15, 0.2) is 0 Å². The average molecular weight is 260 g/mol. The standard InChI is InChI=1S/C14H20N4O/c15-17-13-7-12(5-6-16-13)14(19)18(8-10-1-2-10)9-11-3-4-11/h5-7,10-11H,1-4,8-9,15H2,(H,16,17). The highest BCUT2D eigenvalue weighted by atomic mass is 16.2. The number of amides is 1. The van der Waals surface area contributed by atoms with Crippen LogP contribution < -0.4 is 11.3 Å². The Bertz CT molecular complexity index is 454. The van der Waals surface area contributed by atoms with E-state index in [1.54, 1.807) is 18.3 Å². The second kappa shape index (κ2) is 5.17. The van der Waals surface area contributed by atoms with Gasteiger partial charge >= 0.3 is 0 Å². The molecule has 5 heteroatoms. The van der Waals surface area contributed by atoms with Gasteiger partial charge in [-0.15, -0.1) is 0 Å². The van der Waals surface area contributed by atoms with Gasteiger partial charge in [-0.25, -0.2) is 10.8 Å². The third kappa shape index (κ3) is 3.23. The predicted molar refractivity (Wildman–Crippen MR) is 73.4 cm³/mol. The lowest BCUT2D eigenvalue weighted by Gasteiger charge is -2.22. The van der Waals surface area contributed by atoms with Crippen LogP contribution in [0.5, 0.6) is 0 Å². The summed E-state index contributed by atoms with van der Waals surface area (Å²) < 4.78 is 0. The van der Waals surface area contributed by atoms with Crippen molar-refractivity contribution in [2.75, 3.05) is 18.5 Å². The summed E-state index contributed by atoms with van der Waals surface area (Å²) in [6.07, 6.45) is 6.68. The van der Waals surface area contributed by atoms with E-state index < -0.39 is 0 Å². The quantitative estimate of drug-likeness (QED) is 0.602. The summed E-state index contributed by atoms with van der Waals surface area (Å²) in [5, 5.41) is 0. The van der Waals surface area contributed by atoms with E-state index in [2.05, 4.69) is 10.4 Å².